The number of aliphatic imine (C=N–C) groups is 1. The minimum absolute atomic E-state index is 0.187. The van der Waals surface area contributed by atoms with Crippen molar-refractivity contribution >= 4 is 51.1 Å². The summed E-state index contributed by atoms with van der Waals surface area (Å²) in [5, 5.41) is 7.75. The number of pyridine rings is 1. The molecule has 2 aromatic heterocycles. The highest BCUT2D eigenvalue weighted by molar-refractivity contribution is 14.1. The molecule has 2 aromatic rings. The second-order valence-corrected chi connectivity index (χ2v) is 7.43. The van der Waals surface area contributed by atoms with Crippen molar-refractivity contribution in [1.29, 1.82) is 0 Å². The number of rotatable bonds is 6. The van der Waals surface area contributed by atoms with E-state index in [1.165, 1.54) is 0 Å². The van der Waals surface area contributed by atoms with E-state index in [-0.39, 0.29) is 21.9 Å². The van der Waals surface area contributed by atoms with Crippen molar-refractivity contribution < 1.29 is 4.39 Å². The molecule has 0 amide bonds. The van der Waals surface area contributed by atoms with Gasteiger partial charge >= 0.3 is 0 Å². The standard InChI is InChI=1S/C17H21ClFIN6/c18-11-4-12-13(9-25-16(12)24-8-11)15(21)26-17(14(19)5-20)23-7-10-2-1-3-22-6-10/h4,8-10,22-23H,1-3,5-7H2,(H2,21,26)(H,24,25)/b17-14+. The third-order valence-electron chi connectivity index (χ3n) is 4.34. The Morgan fingerprint density at radius 1 is 1.54 bits per heavy atom. The molecule has 0 aromatic carbocycles. The Bertz CT molecular complexity index is 828. The number of halogens is 3. The average molecular weight is 491 g/mol. The fourth-order valence-corrected chi connectivity index (χ4v) is 3.49. The Balaban J connectivity index is 1.83. The molecule has 1 saturated heterocycles. The number of piperidine rings is 1. The van der Waals surface area contributed by atoms with E-state index in [1.54, 1.807) is 18.5 Å². The van der Waals surface area contributed by atoms with Gasteiger partial charge in [-0.2, -0.15) is 0 Å². The van der Waals surface area contributed by atoms with Crippen molar-refractivity contribution in [2.75, 3.05) is 24.1 Å². The fourth-order valence-electron chi connectivity index (χ4n) is 2.97. The lowest BCUT2D eigenvalue weighted by Crippen LogP contribution is -2.36. The number of H-pyrrole nitrogens is 1. The number of alkyl halides is 1. The molecule has 1 unspecified atom stereocenters. The van der Waals surface area contributed by atoms with Gasteiger partial charge in [0.1, 0.15) is 11.5 Å². The number of aromatic nitrogens is 2. The van der Waals surface area contributed by atoms with Gasteiger partial charge in [-0.15, -0.1) is 0 Å². The van der Waals surface area contributed by atoms with Crippen LogP contribution in [0.25, 0.3) is 11.0 Å². The van der Waals surface area contributed by atoms with Gasteiger partial charge in [-0.3, -0.25) is 0 Å². The van der Waals surface area contributed by atoms with E-state index in [1.807, 2.05) is 22.6 Å². The lowest BCUT2D eigenvalue weighted by molar-refractivity contribution is 0.367. The molecule has 1 aliphatic heterocycles. The fraction of sp³-hybridized carbons (Fsp3) is 0.412. The van der Waals surface area contributed by atoms with Gasteiger partial charge in [0.2, 0.25) is 0 Å². The van der Waals surface area contributed by atoms with Gasteiger partial charge in [-0.05, 0) is 37.9 Å². The zero-order valence-corrected chi connectivity index (χ0v) is 17.1. The molecule has 3 rings (SSSR count). The lowest BCUT2D eigenvalue weighted by Gasteiger charge is -2.23. The molecule has 0 aliphatic carbocycles. The second-order valence-electron chi connectivity index (χ2n) is 6.23. The highest BCUT2D eigenvalue weighted by Gasteiger charge is 2.15. The molecule has 140 valence electrons. The highest BCUT2D eigenvalue weighted by atomic mass is 127. The molecule has 9 heteroatoms. The highest BCUT2D eigenvalue weighted by Crippen LogP contribution is 2.21. The summed E-state index contributed by atoms with van der Waals surface area (Å²) in [4.78, 5) is 11.6. The molecule has 1 aliphatic rings. The minimum atomic E-state index is -0.326. The molecule has 26 heavy (non-hydrogen) atoms. The molecule has 3 heterocycles. The van der Waals surface area contributed by atoms with E-state index in [9.17, 15) is 4.39 Å². The van der Waals surface area contributed by atoms with Crippen LogP contribution in [0.5, 0.6) is 0 Å². The van der Waals surface area contributed by atoms with Crippen molar-refractivity contribution in [3.63, 3.8) is 0 Å². The molecule has 0 saturated carbocycles. The first-order valence-corrected chi connectivity index (χ1v) is 10.3. The zero-order chi connectivity index (χ0) is 18.5. The summed E-state index contributed by atoms with van der Waals surface area (Å²) in [6.45, 7) is 2.63. The van der Waals surface area contributed by atoms with Crippen molar-refractivity contribution in [1.82, 2.24) is 20.6 Å². The number of allylic oxidation sites excluding steroid dienone is 1. The maximum Gasteiger partial charge on any atom is 0.161 e. The van der Waals surface area contributed by atoms with Gasteiger partial charge in [0.05, 0.1) is 9.45 Å². The molecule has 1 atom stereocenters. The molecule has 1 fully saturated rings. The SMILES string of the molecule is N/C(=N\C(NCC1CCCNC1)=C(\F)CI)c1c[nH]c2ncc(Cl)cc12. The number of amidine groups is 1. The Kier molecular flexibility index (Phi) is 6.71. The monoisotopic (exact) mass is 490 g/mol. The molecule has 0 radical (unpaired) electrons. The van der Waals surface area contributed by atoms with Crippen molar-refractivity contribution in [2.24, 2.45) is 16.6 Å². The van der Waals surface area contributed by atoms with Crippen LogP contribution in [0, 0.1) is 5.92 Å². The maximum atomic E-state index is 14.3. The first-order valence-electron chi connectivity index (χ1n) is 8.45. The summed E-state index contributed by atoms with van der Waals surface area (Å²) in [5.74, 6) is 0.526. The van der Waals surface area contributed by atoms with Crippen LogP contribution in [0.15, 0.2) is 35.1 Å². The predicted molar refractivity (Wildman–Crippen MR) is 112 cm³/mol. The van der Waals surface area contributed by atoms with Crippen LogP contribution < -0.4 is 16.4 Å². The normalized spacial score (nSPS) is 19.5. The summed E-state index contributed by atoms with van der Waals surface area (Å²) >= 11 is 7.99. The van der Waals surface area contributed by atoms with Crippen LogP contribution >= 0.6 is 34.2 Å². The first-order chi connectivity index (χ1) is 12.6. The number of aromatic amines is 1. The van der Waals surface area contributed by atoms with Gasteiger partial charge in [0, 0.05) is 29.9 Å². The van der Waals surface area contributed by atoms with Crippen LogP contribution in [-0.4, -0.2) is 39.9 Å². The summed E-state index contributed by atoms with van der Waals surface area (Å²) < 4.78 is 14.5. The molecular formula is C17H21ClFIN6. The molecule has 5 N–H and O–H groups in total. The largest absolute Gasteiger partial charge is 0.383 e. The van der Waals surface area contributed by atoms with E-state index in [0.717, 1.165) is 31.3 Å². The number of fused-ring (bicyclic) bond motifs is 1. The van der Waals surface area contributed by atoms with Gasteiger partial charge in [-0.25, -0.2) is 14.4 Å². The number of nitrogens with one attached hydrogen (secondary N) is 3. The van der Waals surface area contributed by atoms with Crippen molar-refractivity contribution in [2.45, 2.75) is 12.8 Å². The van der Waals surface area contributed by atoms with Crippen LogP contribution in [0.2, 0.25) is 5.02 Å². The Morgan fingerprint density at radius 3 is 3.12 bits per heavy atom. The number of nitrogens with zero attached hydrogens (tertiary/aromatic N) is 2. The van der Waals surface area contributed by atoms with E-state index >= 15 is 0 Å². The topological polar surface area (TPSA) is 91.1 Å². The predicted octanol–water partition coefficient (Wildman–Crippen LogP) is 3.08. The lowest BCUT2D eigenvalue weighted by atomic mass is 10.00. The zero-order valence-electron chi connectivity index (χ0n) is 14.2. The molecule has 0 spiro atoms. The van der Waals surface area contributed by atoms with E-state index in [4.69, 9.17) is 17.3 Å². The summed E-state index contributed by atoms with van der Waals surface area (Å²) in [5.41, 5.74) is 7.47. The van der Waals surface area contributed by atoms with Crippen LogP contribution in [0.1, 0.15) is 18.4 Å². The first kappa shape index (κ1) is 19.4. The summed E-state index contributed by atoms with van der Waals surface area (Å²) in [6.07, 6.45) is 5.51. The van der Waals surface area contributed by atoms with Crippen molar-refractivity contribution in [3.05, 3.63) is 40.7 Å². The maximum absolute atomic E-state index is 14.3. The molecule has 0 bridgehead atoms. The van der Waals surface area contributed by atoms with Crippen LogP contribution in [0.4, 0.5) is 4.39 Å². The van der Waals surface area contributed by atoms with Gasteiger partial charge in [-0.1, -0.05) is 34.2 Å². The van der Waals surface area contributed by atoms with Gasteiger partial charge in [0.25, 0.3) is 0 Å². The quantitative estimate of drug-likeness (QED) is 0.217. The van der Waals surface area contributed by atoms with Crippen LogP contribution in [-0.2, 0) is 0 Å². The molecular weight excluding hydrogens is 470 g/mol. The third-order valence-corrected chi connectivity index (χ3v) is 5.21. The van der Waals surface area contributed by atoms with E-state index < -0.39 is 0 Å². The van der Waals surface area contributed by atoms with Gasteiger partial charge < -0.3 is 21.4 Å². The van der Waals surface area contributed by atoms with E-state index in [2.05, 4.69) is 25.6 Å². The third kappa shape index (κ3) is 4.66. The van der Waals surface area contributed by atoms with E-state index in [0.29, 0.717) is 28.7 Å². The Hall–Kier alpha value is -1.39. The summed E-state index contributed by atoms with van der Waals surface area (Å²) in [7, 11) is 0. The van der Waals surface area contributed by atoms with Crippen LogP contribution in [0.3, 0.4) is 0 Å². The Labute approximate surface area is 170 Å². The average Bonchev–Trinajstić information content (AvgIpc) is 3.08. The number of hydrogen-bond acceptors (Lipinski definition) is 4. The number of nitrogens with two attached hydrogens (primary N) is 1. The van der Waals surface area contributed by atoms with Gasteiger partial charge in [0.15, 0.2) is 11.6 Å². The second kappa shape index (κ2) is 9.01. The minimum Gasteiger partial charge on any atom is -0.383 e. The molecule has 6 nitrogen and oxygen atoms in total. The summed E-state index contributed by atoms with van der Waals surface area (Å²) in [6, 6.07) is 1.76. The number of hydrogen-bond donors (Lipinski definition) is 4. The smallest absolute Gasteiger partial charge is 0.161 e. The van der Waals surface area contributed by atoms with Crippen molar-refractivity contribution in [3.8, 4) is 0 Å². The Morgan fingerprint density at radius 2 is 2.38 bits per heavy atom.